The standard InChI is InChI=1S/C20H26O10/c1-7-3-9(21)11(22)16(2)8(7)4-10-17-5-29-19(26,14(16)17)15(25)18(6-28-18)20(17,27)12(23)13(24)30-10/h3,8-12,14-15,21-23,25-27H,4-6H2,1-2H3/t8-,9-,10+,11+,12-,14+,15+,16+,17+,18+,19+,20-/m0/s1. The number of rotatable bonds is 0. The number of aliphatic hydroxyl groups is 6. The van der Waals surface area contributed by atoms with Gasteiger partial charge in [0, 0.05) is 11.3 Å². The molecule has 0 amide bonds. The second-order valence-corrected chi connectivity index (χ2v) is 10.2. The van der Waals surface area contributed by atoms with Crippen LogP contribution in [0.25, 0.3) is 0 Å². The van der Waals surface area contributed by atoms with Crippen LogP contribution in [0.5, 0.6) is 0 Å². The average Bonchev–Trinajstić information content (AvgIpc) is 3.44. The fraction of sp³-hybridized carbons (Fsp3) is 0.850. The molecule has 12 atom stereocenters. The van der Waals surface area contributed by atoms with Crippen molar-refractivity contribution in [3.8, 4) is 0 Å². The van der Waals surface area contributed by atoms with Gasteiger partial charge in [0.1, 0.15) is 17.8 Å². The summed E-state index contributed by atoms with van der Waals surface area (Å²) in [4.78, 5) is 12.6. The predicted octanol–water partition coefficient (Wildman–Crippen LogP) is -2.82. The van der Waals surface area contributed by atoms with E-state index in [1.807, 2.05) is 0 Å². The van der Waals surface area contributed by atoms with Gasteiger partial charge in [-0.25, -0.2) is 4.79 Å². The van der Waals surface area contributed by atoms with Crippen LogP contribution >= 0.6 is 0 Å². The van der Waals surface area contributed by atoms with Gasteiger partial charge >= 0.3 is 5.97 Å². The summed E-state index contributed by atoms with van der Waals surface area (Å²) < 4.78 is 16.8. The lowest BCUT2D eigenvalue weighted by Gasteiger charge is -2.70. The lowest BCUT2D eigenvalue weighted by molar-refractivity contribution is -0.383. The minimum Gasteiger partial charge on any atom is -0.460 e. The molecular formula is C20H26O10. The Morgan fingerprint density at radius 2 is 1.77 bits per heavy atom. The quantitative estimate of drug-likeness (QED) is 0.135. The molecule has 3 aliphatic carbocycles. The molecule has 2 bridgehead atoms. The van der Waals surface area contributed by atoms with Crippen LogP contribution in [0, 0.1) is 22.7 Å². The Bertz CT molecular complexity index is 885. The van der Waals surface area contributed by atoms with Crippen molar-refractivity contribution in [1.82, 2.24) is 0 Å². The zero-order valence-electron chi connectivity index (χ0n) is 16.6. The summed E-state index contributed by atoms with van der Waals surface area (Å²) >= 11 is 0. The fourth-order valence-electron chi connectivity index (χ4n) is 8.05. The molecule has 3 heterocycles. The van der Waals surface area contributed by atoms with Gasteiger partial charge in [0.05, 0.1) is 30.8 Å². The number of hydrogen-bond donors (Lipinski definition) is 6. The highest BCUT2D eigenvalue weighted by Crippen LogP contribution is 2.77. The van der Waals surface area contributed by atoms with E-state index in [9.17, 15) is 35.4 Å². The van der Waals surface area contributed by atoms with Gasteiger partial charge in [-0.15, -0.1) is 0 Å². The Morgan fingerprint density at radius 1 is 1.10 bits per heavy atom. The molecule has 3 aliphatic heterocycles. The summed E-state index contributed by atoms with van der Waals surface area (Å²) in [6, 6.07) is 0. The largest absolute Gasteiger partial charge is 0.460 e. The fourth-order valence-corrected chi connectivity index (χ4v) is 8.05. The minimum atomic E-state index is -2.32. The second-order valence-electron chi connectivity index (χ2n) is 10.2. The van der Waals surface area contributed by atoms with Crippen molar-refractivity contribution in [2.75, 3.05) is 13.2 Å². The molecule has 30 heavy (non-hydrogen) atoms. The summed E-state index contributed by atoms with van der Waals surface area (Å²) in [5, 5.41) is 67.4. The van der Waals surface area contributed by atoms with Crippen LogP contribution in [0.3, 0.4) is 0 Å². The molecule has 5 fully saturated rings. The Kier molecular flexibility index (Phi) is 3.33. The van der Waals surface area contributed by atoms with Gasteiger partial charge in [0.2, 0.25) is 0 Å². The number of fused-ring (bicyclic) bond motifs is 2. The highest BCUT2D eigenvalue weighted by atomic mass is 16.7. The van der Waals surface area contributed by atoms with Gasteiger partial charge in [-0.3, -0.25) is 0 Å². The van der Waals surface area contributed by atoms with E-state index in [0.717, 1.165) is 5.57 Å². The molecule has 2 saturated carbocycles. The van der Waals surface area contributed by atoms with Crippen LogP contribution in [0.15, 0.2) is 11.6 Å². The SMILES string of the molecule is CC1=C[C@H](O)[C@@H](O)[C@]2(C)[C@H]3[C@@]4(O)OC[C@@]35[C@@H](C[C@@H]12)OC(=O)[C@H](O)[C@@]5(O)[C@@]1(CO1)[C@H]4O. The zero-order valence-corrected chi connectivity index (χ0v) is 16.6. The molecule has 0 aromatic rings. The monoisotopic (exact) mass is 426 g/mol. The van der Waals surface area contributed by atoms with Gasteiger partial charge in [-0.1, -0.05) is 18.6 Å². The van der Waals surface area contributed by atoms with Crippen molar-refractivity contribution in [2.45, 2.75) is 67.8 Å². The summed E-state index contributed by atoms with van der Waals surface area (Å²) in [6.07, 6.45) is -5.69. The summed E-state index contributed by atoms with van der Waals surface area (Å²) in [7, 11) is 0. The van der Waals surface area contributed by atoms with Gasteiger partial charge in [-0.2, -0.15) is 0 Å². The third-order valence-corrected chi connectivity index (χ3v) is 9.33. The lowest BCUT2D eigenvalue weighted by Crippen LogP contribution is -2.87. The Morgan fingerprint density at radius 3 is 2.40 bits per heavy atom. The van der Waals surface area contributed by atoms with Crippen LogP contribution in [-0.4, -0.2) is 97.3 Å². The second kappa shape index (κ2) is 5.10. The van der Waals surface area contributed by atoms with Crippen molar-refractivity contribution in [1.29, 1.82) is 0 Å². The number of carbonyl (C=O) groups is 1. The van der Waals surface area contributed by atoms with Crippen LogP contribution in [-0.2, 0) is 19.0 Å². The smallest absolute Gasteiger partial charge is 0.338 e. The molecular weight excluding hydrogens is 400 g/mol. The van der Waals surface area contributed by atoms with Crippen molar-refractivity contribution < 1.29 is 49.6 Å². The molecule has 6 rings (SSSR count). The highest BCUT2D eigenvalue weighted by Gasteiger charge is 2.94. The van der Waals surface area contributed by atoms with E-state index in [4.69, 9.17) is 14.2 Å². The molecule has 3 saturated heterocycles. The van der Waals surface area contributed by atoms with Crippen molar-refractivity contribution in [2.24, 2.45) is 22.7 Å². The van der Waals surface area contributed by atoms with Crippen LogP contribution < -0.4 is 0 Å². The first-order chi connectivity index (χ1) is 13.9. The van der Waals surface area contributed by atoms with Crippen molar-refractivity contribution >= 4 is 5.97 Å². The first-order valence-corrected chi connectivity index (χ1v) is 10.3. The van der Waals surface area contributed by atoms with Gasteiger partial charge in [-0.05, 0) is 19.3 Å². The first-order valence-electron chi connectivity index (χ1n) is 10.3. The Labute approximate surface area is 171 Å². The van der Waals surface area contributed by atoms with Gasteiger partial charge in [0.15, 0.2) is 17.5 Å². The predicted molar refractivity (Wildman–Crippen MR) is 94.3 cm³/mol. The number of allylic oxidation sites excluding steroid dienone is 1. The maximum absolute atomic E-state index is 12.6. The molecule has 166 valence electrons. The van der Waals surface area contributed by atoms with Gasteiger partial charge < -0.3 is 44.8 Å². The number of epoxide rings is 1. The summed E-state index contributed by atoms with van der Waals surface area (Å²) in [5.74, 6) is -4.91. The van der Waals surface area contributed by atoms with Crippen LogP contribution in [0.2, 0.25) is 0 Å². The first kappa shape index (κ1) is 19.6. The normalized spacial score (nSPS) is 65.5. The molecule has 2 spiro atoms. The van der Waals surface area contributed by atoms with Crippen molar-refractivity contribution in [3.63, 3.8) is 0 Å². The van der Waals surface area contributed by atoms with Crippen LogP contribution in [0.1, 0.15) is 20.3 Å². The number of hydrogen-bond acceptors (Lipinski definition) is 10. The van der Waals surface area contributed by atoms with E-state index in [1.165, 1.54) is 6.08 Å². The van der Waals surface area contributed by atoms with Crippen LogP contribution in [0.4, 0.5) is 0 Å². The molecule has 10 nitrogen and oxygen atoms in total. The van der Waals surface area contributed by atoms with E-state index in [-0.39, 0.29) is 19.6 Å². The summed E-state index contributed by atoms with van der Waals surface area (Å²) in [6.45, 7) is 2.94. The molecule has 0 aromatic heterocycles. The summed E-state index contributed by atoms with van der Waals surface area (Å²) in [5.41, 5.74) is -6.22. The zero-order chi connectivity index (χ0) is 21.6. The lowest BCUT2D eigenvalue weighted by atomic mass is 9.36. The molecule has 6 aliphatic rings. The molecule has 6 N–H and O–H groups in total. The molecule has 0 aromatic carbocycles. The van der Waals surface area contributed by atoms with E-state index in [0.29, 0.717) is 0 Å². The number of aliphatic hydroxyl groups excluding tert-OH is 4. The maximum atomic E-state index is 12.6. The highest BCUT2D eigenvalue weighted by molar-refractivity contribution is 5.79. The number of esters is 1. The van der Waals surface area contributed by atoms with E-state index in [2.05, 4.69) is 0 Å². The number of ether oxygens (including phenoxy) is 3. The third kappa shape index (κ3) is 1.58. The van der Waals surface area contributed by atoms with E-state index < -0.39 is 76.1 Å². The maximum Gasteiger partial charge on any atom is 0.338 e. The van der Waals surface area contributed by atoms with E-state index >= 15 is 0 Å². The number of carbonyl (C=O) groups excluding carboxylic acids is 1. The molecule has 10 heteroatoms. The molecule has 0 unspecified atom stereocenters. The van der Waals surface area contributed by atoms with Gasteiger partial charge in [0.25, 0.3) is 0 Å². The Balaban J connectivity index is 1.67. The Hall–Kier alpha value is -1.11. The van der Waals surface area contributed by atoms with Crippen molar-refractivity contribution in [3.05, 3.63) is 11.6 Å². The third-order valence-electron chi connectivity index (χ3n) is 9.33. The molecule has 0 radical (unpaired) electrons. The average molecular weight is 426 g/mol. The van der Waals surface area contributed by atoms with E-state index in [1.54, 1.807) is 13.8 Å². The topological polar surface area (TPSA) is 169 Å². The minimum absolute atomic E-state index is 0.186.